The van der Waals surface area contributed by atoms with Gasteiger partial charge in [-0.25, -0.2) is 13.5 Å². The molecule has 0 aliphatic rings. The number of halogens is 4. The minimum absolute atomic E-state index is 0.0767. The molecular weight excluding hydrogens is 514 g/mol. The van der Waals surface area contributed by atoms with Gasteiger partial charge in [0.2, 0.25) is 11.6 Å². The fraction of sp³-hybridized carbons (Fsp3) is 0.357. The maximum absolute atomic E-state index is 14.0. The maximum Gasteiger partial charge on any atom is 0.203 e. The Hall–Kier alpha value is -3.86. The molecule has 1 unspecified atom stereocenters. The van der Waals surface area contributed by atoms with Gasteiger partial charge in [0.1, 0.15) is 18.3 Å². The predicted octanol–water partition coefficient (Wildman–Crippen LogP) is 5.79. The molecule has 1 N–H and O–H groups in total. The van der Waals surface area contributed by atoms with Crippen molar-refractivity contribution in [3.8, 4) is 5.75 Å². The van der Waals surface area contributed by atoms with Crippen LogP contribution in [-0.2, 0) is 16.9 Å². The highest BCUT2D eigenvalue weighted by Crippen LogP contribution is 2.27. The number of Topliss-reactive ketones (excluding diaryl/α,β-unsaturated/α-hetero) is 1. The summed E-state index contributed by atoms with van der Waals surface area (Å²) in [4.78, 5) is 17.4. The highest BCUT2D eigenvalue weighted by molar-refractivity contribution is 5.84. The summed E-state index contributed by atoms with van der Waals surface area (Å²) in [5, 5.41) is 12.9. The van der Waals surface area contributed by atoms with Crippen LogP contribution in [0.15, 0.2) is 48.8 Å². The number of ether oxygens (including phenoxy) is 1. The molecule has 7 nitrogen and oxygen atoms in total. The summed E-state index contributed by atoms with van der Waals surface area (Å²) in [6, 6.07) is 9.10. The Bertz CT molecular complexity index is 1450. The molecule has 0 radical (unpaired) electrons. The van der Waals surface area contributed by atoms with E-state index in [1.54, 1.807) is 12.4 Å². The van der Waals surface area contributed by atoms with Crippen molar-refractivity contribution in [2.75, 3.05) is 6.61 Å². The number of aromatic nitrogens is 4. The van der Waals surface area contributed by atoms with Gasteiger partial charge in [0.05, 0.1) is 17.3 Å². The van der Waals surface area contributed by atoms with Crippen molar-refractivity contribution < 1.29 is 27.1 Å². The van der Waals surface area contributed by atoms with Crippen LogP contribution >= 0.6 is 0 Å². The van der Waals surface area contributed by atoms with Crippen molar-refractivity contribution >= 4 is 16.7 Å². The molecule has 0 saturated carbocycles. The van der Waals surface area contributed by atoms with Gasteiger partial charge in [-0.3, -0.25) is 9.78 Å². The highest BCUT2D eigenvalue weighted by Gasteiger charge is 2.29. The molecule has 39 heavy (non-hydrogen) atoms. The number of nitrogens with zero attached hydrogens (tertiary/aromatic N) is 4. The van der Waals surface area contributed by atoms with E-state index in [1.165, 1.54) is 4.68 Å². The second kappa shape index (κ2) is 11.9. The van der Waals surface area contributed by atoms with E-state index < -0.39 is 53.0 Å². The number of benzene rings is 2. The number of carbonyl (C=O) groups is 1. The van der Waals surface area contributed by atoms with Crippen LogP contribution in [0.4, 0.5) is 17.6 Å². The van der Waals surface area contributed by atoms with E-state index in [0.29, 0.717) is 25.1 Å². The van der Waals surface area contributed by atoms with Crippen LogP contribution in [0, 0.1) is 23.3 Å². The van der Waals surface area contributed by atoms with Crippen LogP contribution in [0.25, 0.3) is 10.9 Å². The number of nitrogens with one attached hydrogen (secondary N) is 1. The Labute approximate surface area is 223 Å². The zero-order valence-electron chi connectivity index (χ0n) is 21.8. The van der Waals surface area contributed by atoms with Gasteiger partial charge in [0, 0.05) is 24.2 Å². The van der Waals surface area contributed by atoms with E-state index in [-0.39, 0.29) is 6.07 Å². The smallest absolute Gasteiger partial charge is 0.203 e. The molecule has 0 saturated heterocycles. The first-order valence-electron chi connectivity index (χ1n) is 12.6. The lowest BCUT2D eigenvalue weighted by Crippen LogP contribution is -2.36. The molecule has 2 aromatic heterocycles. The van der Waals surface area contributed by atoms with Crippen molar-refractivity contribution in [2.45, 2.75) is 58.2 Å². The molecule has 206 valence electrons. The monoisotopic (exact) mass is 543 g/mol. The van der Waals surface area contributed by atoms with Gasteiger partial charge in [-0.2, -0.15) is 8.78 Å². The van der Waals surface area contributed by atoms with Gasteiger partial charge in [-0.15, -0.1) is 5.10 Å². The van der Waals surface area contributed by atoms with E-state index in [4.69, 9.17) is 4.74 Å². The summed E-state index contributed by atoms with van der Waals surface area (Å²) in [5.41, 5.74) is 1.91. The van der Waals surface area contributed by atoms with Crippen molar-refractivity contribution in [2.24, 2.45) is 0 Å². The summed E-state index contributed by atoms with van der Waals surface area (Å²) in [7, 11) is 0. The van der Waals surface area contributed by atoms with Gasteiger partial charge in [0.25, 0.3) is 0 Å². The first-order chi connectivity index (χ1) is 18.6. The lowest BCUT2D eigenvalue weighted by molar-refractivity contribution is -0.124. The Morgan fingerprint density at radius 1 is 1.10 bits per heavy atom. The van der Waals surface area contributed by atoms with Crippen LogP contribution in [0.2, 0.25) is 0 Å². The molecule has 11 heteroatoms. The number of pyridine rings is 1. The predicted molar refractivity (Wildman–Crippen MR) is 137 cm³/mol. The molecule has 0 spiro atoms. The van der Waals surface area contributed by atoms with E-state index in [0.717, 1.165) is 22.9 Å². The van der Waals surface area contributed by atoms with Gasteiger partial charge in [0.15, 0.2) is 23.2 Å². The molecular formula is C28H29F4N5O2. The third kappa shape index (κ3) is 6.42. The second-order valence-corrected chi connectivity index (χ2v) is 9.80. The summed E-state index contributed by atoms with van der Waals surface area (Å²) in [5.74, 6) is -8.48. The highest BCUT2D eigenvalue weighted by atomic mass is 19.2. The lowest BCUT2D eigenvalue weighted by atomic mass is 10.0. The molecule has 0 bridgehead atoms. The molecule has 4 rings (SSSR count). The fourth-order valence-corrected chi connectivity index (χ4v) is 4.12. The molecule has 0 fully saturated rings. The Morgan fingerprint density at radius 2 is 1.85 bits per heavy atom. The van der Waals surface area contributed by atoms with Crippen LogP contribution in [0.5, 0.6) is 5.75 Å². The van der Waals surface area contributed by atoms with E-state index >= 15 is 0 Å². The molecule has 0 aliphatic heterocycles. The number of carbonyl (C=O) groups excluding carboxylic acids is 1. The van der Waals surface area contributed by atoms with E-state index in [1.807, 2.05) is 45.0 Å². The van der Waals surface area contributed by atoms with Crippen molar-refractivity contribution in [1.29, 1.82) is 0 Å². The molecule has 0 amide bonds. The van der Waals surface area contributed by atoms with Crippen molar-refractivity contribution in [3.63, 3.8) is 0 Å². The molecule has 0 aliphatic carbocycles. The second-order valence-electron chi connectivity index (χ2n) is 9.80. The third-order valence-corrected chi connectivity index (χ3v) is 6.50. The fourth-order valence-electron chi connectivity index (χ4n) is 4.12. The number of hydrogen-bond acceptors (Lipinski definition) is 6. The van der Waals surface area contributed by atoms with Crippen LogP contribution < -0.4 is 10.1 Å². The number of fused-ring (bicyclic) bond motifs is 1. The quantitative estimate of drug-likeness (QED) is 0.180. The van der Waals surface area contributed by atoms with Gasteiger partial charge in [-0.05, 0) is 44.0 Å². The van der Waals surface area contributed by atoms with E-state index in [2.05, 4.69) is 26.7 Å². The Morgan fingerprint density at radius 3 is 2.56 bits per heavy atom. The normalized spacial score (nSPS) is 12.6. The molecule has 1 atom stereocenters. The molecule has 2 heterocycles. The molecule has 4 aromatic rings. The van der Waals surface area contributed by atoms with Gasteiger partial charge in [-0.1, -0.05) is 37.1 Å². The standard InChI is InChI=1S/C28H29F4N5O2/c1-4-5-8-22(23(38)16-39-27-25(31)19(29)13-20(30)26(27)32)37-15-24(35-36-37)28(2,3)34-14-17-9-10-21-18(12-17)7-6-11-33-21/h6-7,9-13,15,22,34H,4-5,8,14,16H2,1-3H3. The number of ketones is 1. The largest absolute Gasteiger partial charge is 0.479 e. The van der Waals surface area contributed by atoms with Gasteiger partial charge < -0.3 is 10.1 Å². The summed E-state index contributed by atoms with van der Waals surface area (Å²) in [6.07, 6.45) is 5.18. The molecule has 2 aromatic carbocycles. The van der Waals surface area contributed by atoms with Crippen LogP contribution in [-0.4, -0.2) is 32.4 Å². The zero-order valence-corrected chi connectivity index (χ0v) is 21.8. The minimum atomic E-state index is -1.70. The summed E-state index contributed by atoms with van der Waals surface area (Å²) < 4.78 is 61.3. The summed E-state index contributed by atoms with van der Waals surface area (Å²) in [6.45, 7) is 5.54. The van der Waals surface area contributed by atoms with Crippen molar-refractivity contribution in [3.05, 3.63) is 83.3 Å². The van der Waals surface area contributed by atoms with E-state index in [9.17, 15) is 22.4 Å². The summed E-state index contributed by atoms with van der Waals surface area (Å²) >= 11 is 0. The first-order valence-corrected chi connectivity index (χ1v) is 12.6. The lowest BCUT2D eigenvalue weighted by Gasteiger charge is -2.24. The SMILES string of the molecule is CCCCC(C(=O)COc1c(F)c(F)cc(F)c1F)n1cc(C(C)(C)NCc2ccc3ncccc3c2)nn1. The Balaban J connectivity index is 1.47. The van der Waals surface area contributed by atoms with Gasteiger partial charge >= 0.3 is 0 Å². The third-order valence-electron chi connectivity index (χ3n) is 6.50. The maximum atomic E-state index is 14.0. The average Bonchev–Trinajstić information content (AvgIpc) is 3.42. The Kier molecular flexibility index (Phi) is 8.59. The minimum Gasteiger partial charge on any atom is -0.479 e. The van der Waals surface area contributed by atoms with Crippen molar-refractivity contribution in [1.82, 2.24) is 25.3 Å². The number of hydrogen-bond donors (Lipinski definition) is 1. The number of rotatable bonds is 12. The number of unbranched alkanes of at least 4 members (excludes halogenated alkanes) is 1. The van der Waals surface area contributed by atoms with Crippen LogP contribution in [0.3, 0.4) is 0 Å². The van der Waals surface area contributed by atoms with Crippen LogP contribution in [0.1, 0.15) is 57.3 Å². The zero-order chi connectivity index (χ0) is 28.2. The average molecular weight is 544 g/mol. The topological polar surface area (TPSA) is 81.9 Å². The first kappa shape index (κ1) is 28.2.